The second-order valence-corrected chi connectivity index (χ2v) is 4.50. The highest BCUT2D eigenvalue weighted by Gasteiger charge is 2.18. The molecule has 0 atom stereocenters. The number of likely N-dealkylation sites (N-methyl/N-ethyl adjacent to an activating group) is 1. The zero-order valence-electron chi connectivity index (χ0n) is 12.0. The fraction of sp³-hybridized carbons (Fsp3) is 0.267. The van der Waals surface area contributed by atoms with Gasteiger partial charge in [0.15, 0.2) is 0 Å². The number of nitrogens with one attached hydrogen (secondary N) is 1. The zero-order valence-corrected chi connectivity index (χ0v) is 12.0. The van der Waals surface area contributed by atoms with Crippen molar-refractivity contribution in [2.75, 3.05) is 20.2 Å². The molecule has 2 rings (SSSR count). The Labute approximate surface area is 122 Å². The molecular formula is C15H17N3O3. The molecule has 6 nitrogen and oxygen atoms in total. The molecule has 0 bridgehead atoms. The smallest absolute Gasteiger partial charge is 0.325 e. The van der Waals surface area contributed by atoms with Crippen molar-refractivity contribution < 1.29 is 14.3 Å². The Morgan fingerprint density at radius 2 is 2.00 bits per heavy atom. The van der Waals surface area contributed by atoms with Gasteiger partial charge in [-0.25, -0.2) is 0 Å². The Kier molecular flexibility index (Phi) is 4.71. The molecule has 2 aromatic rings. The van der Waals surface area contributed by atoms with Gasteiger partial charge in [0, 0.05) is 12.6 Å². The van der Waals surface area contributed by atoms with Crippen LogP contribution in [0.4, 0.5) is 0 Å². The molecule has 1 amide bonds. The monoisotopic (exact) mass is 287 g/mol. The van der Waals surface area contributed by atoms with E-state index in [4.69, 9.17) is 4.74 Å². The van der Waals surface area contributed by atoms with Gasteiger partial charge in [-0.1, -0.05) is 30.3 Å². The first-order chi connectivity index (χ1) is 10.1. The van der Waals surface area contributed by atoms with Crippen LogP contribution in [-0.4, -0.2) is 47.2 Å². The van der Waals surface area contributed by atoms with Crippen molar-refractivity contribution in [3.05, 3.63) is 42.1 Å². The maximum Gasteiger partial charge on any atom is 0.325 e. The van der Waals surface area contributed by atoms with Crippen molar-refractivity contribution in [2.45, 2.75) is 6.92 Å². The van der Waals surface area contributed by atoms with Gasteiger partial charge in [0.2, 0.25) is 0 Å². The maximum atomic E-state index is 12.2. The number of aromatic nitrogens is 2. The lowest BCUT2D eigenvalue weighted by atomic mass is 10.1. The lowest BCUT2D eigenvalue weighted by molar-refractivity contribution is -0.143. The molecule has 0 spiro atoms. The van der Waals surface area contributed by atoms with Crippen molar-refractivity contribution in [1.82, 2.24) is 15.1 Å². The predicted molar refractivity (Wildman–Crippen MR) is 77.6 cm³/mol. The molecule has 0 unspecified atom stereocenters. The summed E-state index contributed by atoms with van der Waals surface area (Å²) in [6, 6.07) is 11.2. The van der Waals surface area contributed by atoms with Gasteiger partial charge in [0.05, 0.1) is 12.3 Å². The molecule has 1 heterocycles. The van der Waals surface area contributed by atoms with E-state index in [0.717, 1.165) is 5.56 Å². The van der Waals surface area contributed by atoms with E-state index in [0.29, 0.717) is 18.0 Å². The zero-order chi connectivity index (χ0) is 15.2. The summed E-state index contributed by atoms with van der Waals surface area (Å²) < 4.78 is 4.81. The lowest BCUT2D eigenvalue weighted by Gasteiger charge is -2.14. The van der Waals surface area contributed by atoms with Crippen molar-refractivity contribution in [2.24, 2.45) is 0 Å². The van der Waals surface area contributed by atoms with Gasteiger partial charge in [-0.05, 0) is 13.0 Å². The Morgan fingerprint density at radius 3 is 2.67 bits per heavy atom. The number of carbonyl (C=O) groups is 2. The SMILES string of the molecule is CCOC(=O)CN(C)C(=O)c1cc(-c2ccccc2)n[nH]1. The minimum Gasteiger partial charge on any atom is -0.465 e. The van der Waals surface area contributed by atoms with Crippen molar-refractivity contribution in [1.29, 1.82) is 0 Å². The van der Waals surface area contributed by atoms with E-state index in [1.807, 2.05) is 30.3 Å². The summed E-state index contributed by atoms with van der Waals surface area (Å²) >= 11 is 0. The molecule has 1 aromatic carbocycles. The predicted octanol–water partition coefficient (Wildman–Crippen LogP) is 1.71. The van der Waals surface area contributed by atoms with Gasteiger partial charge in [-0.3, -0.25) is 14.7 Å². The fourth-order valence-corrected chi connectivity index (χ4v) is 1.87. The van der Waals surface area contributed by atoms with Crippen LogP contribution in [0.2, 0.25) is 0 Å². The largest absolute Gasteiger partial charge is 0.465 e. The van der Waals surface area contributed by atoms with Gasteiger partial charge in [0.1, 0.15) is 12.2 Å². The quantitative estimate of drug-likeness (QED) is 0.849. The summed E-state index contributed by atoms with van der Waals surface area (Å²) in [6.45, 7) is 1.93. The number of hydrogen-bond donors (Lipinski definition) is 1. The highest BCUT2D eigenvalue weighted by atomic mass is 16.5. The van der Waals surface area contributed by atoms with Crippen LogP contribution >= 0.6 is 0 Å². The van der Waals surface area contributed by atoms with E-state index in [2.05, 4.69) is 10.2 Å². The van der Waals surface area contributed by atoms with Crippen molar-refractivity contribution in [3.8, 4) is 11.3 Å². The second kappa shape index (κ2) is 6.69. The van der Waals surface area contributed by atoms with Crippen LogP contribution in [0.15, 0.2) is 36.4 Å². The van der Waals surface area contributed by atoms with Crippen molar-refractivity contribution >= 4 is 11.9 Å². The summed E-state index contributed by atoms with van der Waals surface area (Å²) in [4.78, 5) is 24.8. The third-order valence-corrected chi connectivity index (χ3v) is 2.90. The average molecular weight is 287 g/mol. The highest BCUT2D eigenvalue weighted by Crippen LogP contribution is 2.17. The Balaban J connectivity index is 2.07. The van der Waals surface area contributed by atoms with E-state index in [9.17, 15) is 9.59 Å². The number of benzene rings is 1. The first-order valence-electron chi connectivity index (χ1n) is 6.63. The topological polar surface area (TPSA) is 75.3 Å². The van der Waals surface area contributed by atoms with Crippen LogP contribution in [0.3, 0.4) is 0 Å². The molecule has 0 aliphatic carbocycles. The molecule has 1 aromatic heterocycles. The van der Waals surface area contributed by atoms with Crippen LogP contribution in [0.5, 0.6) is 0 Å². The number of esters is 1. The maximum absolute atomic E-state index is 12.2. The van der Waals surface area contributed by atoms with Crippen LogP contribution in [-0.2, 0) is 9.53 Å². The molecule has 0 saturated carbocycles. The van der Waals surface area contributed by atoms with Gasteiger partial charge in [0.25, 0.3) is 5.91 Å². The summed E-state index contributed by atoms with van der Waals surface area (Å²) in [5.41, 5.74) is 1.94. The first-order valence-corrected chi connectivity index (χ1v) is 6.63. The highest BCUT2D eigenvalue weighted by molar-refractivity contribution is 5.95. The number of rotatable bonds is 5. The van der Waals surface area contributed by atoms with Crippen LogP contribution in [0.25, 0.3) is 11.3 Å². The standard InChI is InChI=1S/C15H17N3O3/c1-3-21-14(19)10-18(2)15(20)13-9-12(16-17-13)11-7-5-4-6-8-11/h4-9H,3,10H2,1-2H3,(H,16,17). The molecule has 21 heavy (non-hydrogen) atoms. The summed E-state index contributed by atoms with van der Waals surface area (Å²) in [5, 5.41) is 6.81. The Bertz CT molecular complexity index is 622. The van der Waals surface area contributed by atoms with Crippen LogP contribution < -0.4 is 0 Å². The van der Waals surface area contributed by atoms with Gasteiger partial charge < -0.3 is 9.64 Å². The molecular weight excluding hydrogens is 270 g/mol. The Morgan fingerprint density at radius 1 is 1.29 bits per heavy atom. The summed E-state index contributed by atoms with van der Waals surface area (Å²) in [5.74, 6) is -0.742. The molecule has 0 fully saturated rings. The minimum atomic E-state index is -0.434. The first kappa shape index (κ1) is 14.8. The van der Waals surface area contributed by atoms with Gasteiger partial charge in [-0.15, -0.1) is 0 Å². The minimum absolute atomic E-state index is 0.0909. The average Bonchev–Trinajstić information content (AvgIpc) is 2.97. The number of carbonyl (C=O) groups excluding carboxylic acids is 2. The molecule has 6 heteroatoms. The number of H-pyrrole nitrogens is 1. The summed E-state index contributed by atoms with van der Waals surface area (Å²) in [6.07, 6.45) is 0. The molecule has 0 radical (unpaired) electrons. The van der Waals surface area contributed by atoms with E-state index < -0.39 is 5.97 Å². The van der Waals surface area contributed by atoms with E-state index >= 15 is 0 Å². The summed E-state index contributed by atoms with van der Waals surface area (Å²) in [7, 11) is 1.54. The third kappa shape index (κ3) is 3.68. The lowest BCUT2D eigenvalue weighted by Crippen LogP contribution is -2.33. The third-order valence-electron chi connectivity index (χ3n) is 2.90. The van der Waals surface area contributed by atoms with E-state index in [-0.39, 0.29) is 12.5 Å². The number of amides is 1. The molecule has 0 aliphatic rings. The molecule has 110 valence electrons. The van der Waals surface area contributed by atoms with Gasteiger partial charge in [-0.2, -0.15) is 5.10 Å². The van der Waals surface area contributed by atoms with E-state index in [1.165, 1.54) is 4.90 Å². The molecule has 1 N–H and O–H groups in total. The number of aromatic amines is 1. The van der Waals surface area contributed by atoms with Crippen molar-refractivity contribution in [3.63, 3.8) is 0 Å². The Hall–Kier alpha value is -2.63. The number of nitrogens with zero attached hydrogens (tertiary/aromatic N) is 2. The van der Waals surface area contributed by atoms with E-state index in [1.54, 1.807) is 20.0 Å². The molecule has 0 aliphatic heterocycles. The number of ether oxygens (including phenoxy) is 1. The number of hydrogen-bond acceptors (Lipinski definition) is 4. The van der Waals surface area contributed by atoms with Gasteiger partial charge >= 0.3 is 5.97 Å². The second-order valence-electron chi connectivity index (χ2n) is 4.50. The normalized spacial score (nSPS) is 10.2. The van der Waals surface area contributed by atoms with Crippen LogP contribution in [0, 0.1) is 0 Å². The fourth-order valence-electron chi connectivity index (χ4n) is 1.87. The van der Waals surface area contributed by atoms with Crippen LogP contribution in [0.1, 0.15) is 17.4 Å². The molecule has 0 saturated heterocycles.